The highest BCUT2D eigenvalue weighted by atomic mass is 16.5. The molecule has 4 aromatic rings. The number of hydrogen-bond acceptors (Lipinski definition) is 3. The molecule has 0 bridgehead atoms. The van der Waals surface area contributed by atoms with Crippen molar-refractivity contribution in [2.45, 2.75) is 0 Å². The molecule has 0 unspecified atom stereocenters. The Labute approximate surface area is 163 Å². The predicted octanol–water partition coefficient (Wildman–Crippen LogP) is 6.02. The molecule has 0 heterocycles. The van der Waals surface area contributed by atoms with E-state index in [9.17, 15) is 9.90 Å². The van der Waals surface area contributed by atoms with E-state index in [4.69, 9.17) is 4.74 Å². The third kappa shape index (κ3) is 3.28. The second kappa shape index (κ2) is 7.45. The van der Waals surface area contributed by atoms with Gasteiger partial charge in [0.15, 0.2) is 0 Å². The minimum Gasteiger partial charge on any atom is -0.497 e. The van der Waals surface area contributed by atoms with Crippen LogP contribution in [-0.2, 0) is 0 Å². The molecule has 4 rings (SSSR count). The maximum absolute atomic E-state index is 11.2. The lowest BCUT2D eigenvalue weighted by Gasteiger charge is -2.27. The van der Waals surface area contributed by atoms with E-state index in [1.165, 1.54) is 0 Å². The maximum Gasteiger partial charge on any atom is 0.335 e. The van der Waals surface area contributed by atoms with E-state index >= 15 is 0 Å². The normalized spacial score (nSPS) is 10.6. The highest BCUT2D eigenvalue weighted by Crippen LogP contribution is 2.39. The van der Waals surface area contributed by atoms with Gasteiger partial charge in [0, 0.05) is 16.8 Å². The quantitative estimate of drug-likeness (QED) is 0.467. The van der Waals surface area contributed by atoms with Crippen LogP contribution in [-0.4, -0.2) is 18.2 Å². The highest BCUT2D eigenvalue weighted by molar-refractivity contribution is 5.99. The Bertz CT molecular complexity index is 1110. The fraction of sp³-hybridized carbons (Fsp3) is 0.0417. The standard InChI is InChI=1S/C24H19NO3/c1-28-21-15-13-20(14-16-21)25(19-11-9-18(10-12-19)24(26)27)23-8-4-6-17-5-2-3-7-22(17)23/h2-16H,1H3,(H,26,27). The molecule has 0 atom stereocenters. The molecule has 0 saturated heterocycles. The molecule has 0 radical (unpaired) electrons. The number of aromatic carboxylic acids is 1. The number of anilines is 3. The van der Waals surface area contributed by atoms with Crippen molar-refractivity contribution in [2.24, 2.45) is 0 Å². The fourth-order valence-corrected chi connectivity index (χ4v) is 3.31. The van der Waals surface area contributed by atoms with Crippen LogP contribution in [0, 0.1) is 0 Å². The Balaban J connectivity index is 1.91. The monoisotopic (exact) mass is 369 g/mol. The highest BCUT2D eigenvalue weighted by Gasteiger charge is 2.15. The smallest absolute Gasteiger partial charge is 0.335 e. The predicted molar refractivity (Wildman–Crippen MR) is 112 cm³/mol. The van der Waals surface area contributed by atoms with Crippen molar-refractivity contribution in [1.82, 2.24) is 0 Å². The molecule has 4 aromatic carbocycles. The Morgan fingerprint density at radius 3 is 2.04 bits per heavy atom. The molecule has 0 aliphatic heterocycles. The molecule has 1 N–H and O–H groups in total. The maximum atomic E-state index is 11.2. The van der Waals surface area contributed by atoms with Crippen LogP contribution in [0.1, 0.15) is 10.4 Å². The summed E-state index contributed by atoms with van der Waals surface area (Å²) in [4.78, 5) is 13.4. The molecule has 4 heteroatoms. The Hall–Kier alpha value is -3.79. The molecule has 0 aromatic heterocycles. The van der Waals surface area contributed by atoms with Gasteiger partial charge in [0.2, 0.25) is 0 Å². The molecular weight excluding hydrogens is 350 g/mol. The van der Waals surface area contributed by atoms with Crippen LogP contribution in [0.15, 0.2) is 91.0 Å². The molecule has 4 nitrogen and oxygen atoms in total. The zero-order chi connectivity index (χ0) is 19.5. The Morgan fingerprint density at radius 1 is 0.786 bits per heavy atom. The van der Waals surface area contributed by atoms with Gasteiger partial charge in [0.25, 0.3) is 0 Å². The number of carboxylic acids is 1. The first-order valence-electron chi connectivity index (χ1n) is 8.93. The molecule has 0 aliphatic carbocycles. The summed E-state index contributed by atoms with van der Waals surface area (Å²) in [5.41, 5.74) is 3.12. The molecule has 0 spiro atoms. The van der Waals surface area contributed by atoms with E-state index in [1.54, 1.807) is 19.2 Å². The van der Waals surface area contributed by atoms with Gasteiger partial charge in [-0.05, 0) is 60.0 Å². The number of carboxylic acid groups (broad SMARTS) is 1. The fourth-order valence-electron chi connectivity index (χ4n) is 3.31. The van der Waals surface area contributed by atoms with Crippen molar-refractivity contribution in [3.63, 3.8) is 0 Å². The van der Waals surface area contributed by atoms with Crippen LogP contribution in [0.2, 0.25) is 0 Å². The second-order valence-corrected chi connectivity index (χ2v) is 6.38. The topological polar surface area (TPSA) is 49.8 Å². The summed E-state index contributed by atoms with van der Waals surface area (Å²) in [6.07, 6.45) is 0. The van der Waals surface area contributed by atoms with E-state index in [0.29, 0.717) is 0 Å². The number of ether oxygens (including phenoxy) is 1. The van der Waals surface area contributed by atoms with Gasteiger partial charge in [0.05, 0.1) is 18.4 Å². The van der Waals surface area contributed by atoms with Crippen LogP contribution < -0.4 is 9.64 Å². The van der Waals surface area contributed by atoms with E-state index < -0.39 is 5.97 Å². The molecule has 28 heavy (non-hydrogen) atoms. The Kier molecular flexibility index (Phi) is 4.68. The first-order valence-corrected chi connectivity index (χ1v) is 8.93. The van der Waals surface area contributed by atoms with Crippen molar-refractivity contribution in [3.05, 3.63) is 96.6 Å². The number of methoxy groups -OCH3 is 1. The van der Waals surface area contributed by atoms with Crippen molar-refractivity contribution in [2.75, 3.05) is 12.0 Å². The van der Waals surface area contributed by atoms with Crippen molar-refractivity contribution in [1.29, 1.82) is 0 Å². The molecule has 0 aliphatic rings. The van der Waals surface area contributed by atoms with Crippen LogP contribution in [0.5, 0.6) is 5.75 Å². The lowest BCUT2D eigenvalue weighted by molar-refractivity contribution is 0.0697. The van der Waals surface area contributed by atoms with Crippen LogP contribution in [0.25, 0.3) is 10.8 Å². The van der Waals surface area contributed by atoms with Crippen LogP contribution in [0.3, 0.4) is 0 Å². The number of hydrogen-bond donors (Lipinski definition) is 1. The van der Waals surface area contributed by atoms with Crippen molar-refractivity contribution in [3.8, 4) is 5.75 Å². The molecular formula is C24H19NO3. The van der Waals surface area contributed by atoms with E-state index in [2.05, 4.69) is 29.2 Å². The number of carbonyl (C=O) groups is 1. The molecule has 0 amide bonds. The molecule has 138 valence electrons. The average Bonchev–Trinajstić information content (AvgIpc) is 2.75. The lowest BCUT2D eigenvalue weighted by Crippen LogP contribution is -2.10. The summed E-state index contributed by atoms with van der Waals surface area (Å²) >= 11 is 0. The van der Waals surface area contributed by atoms with Gasteiger partial charge in [-0.1, -0.05) is 36.4 Å². The summed E-state index contributed by atoms with van der Waals surface area (Å²) in [7, 11) is 1.64. The summed E-state index contributed by atoms with van der Waals surface area (Å²) in [6, 6.07) is 29.1. The minimum absolute atomic E-state index is 0.261. The van der Waals surface area contributed by atoms with Crippen molar-refractivity contribution < 1.29 is 14.6 Å². The lowest BCUT2D eigenvalue weighted by atomic mass is 10.1. The minimum atomic E-state index is -0.937. The SMILES string of the molecule is COc1ccc(N(c2ccc(C(=O)O)cc2)c2cccc3ccccc23)cc1. The van der Waals surface area contributed by atoms with E-state index in [1.807, 2.05) is 54.6 Å². The average molecular weight is 369 g/mol. The van der Waals surface area contributed by atoms with Crippen LogP contribution >= 0.6 is 0 Å². The van der Waals surface area contributed by atoms with Crippen molar-refractivity contribution >= 4 is 33.8 Å². The first kappa shape index (κ1) is 17.6. The van der Waals surface area contributed by atoms with Gasteiger partial charge < -0.3 is 14.7 Å². The largest absolute Gasteiger partial charge is 0.497 e. The first-order chi connectivity index (χ1) is 13.7. The van der Waals surface area contributed by atoms with Gasteiger partial charge in [-0.3, -0.25) is 0 Å². The van der Waals surface area contributed by atoms with Gasteiger partial charge in [-0.15, -0.1) is 0 Å². The number of rotatable bonds is 5. The number of fused-ring (bicyclic) bond motifs is 1. The Morgan fingerprint density at radius 2 is 1.39 bits per heavy atom. The van der Waals surface area contributed by atoms with E-state index in [-0.39, 0.29) is 5.56 Å². The summed E-state index contributed by atoms with van der Waals surface area (Å²) in [5.74, 6) is -0.157. The van der Waals surface area contributed by atoms with Gasteiger partial charge in [-0.25, -0.2) is 4.79 Å². The summed E-state index contributed by atoms with van der Waals surface area (Å²) in [5, 5.41) is 11.5. The zero-order valence-electron chi connectivity index (χ0n) is 15.4. The third-order valence-electron chi connectivity index (χ3n) is 4.71. The van der Waals surface area contributed by atoms with Gasteiger partial charge in [-0.2, -0.15) is 0 Å². The number of benzene rings is 4. The summed E-state index contributed by atoms with van der Waals surface area (Å²) < 4.78 is 5.29. The summed E-state index contributed by atoms with van der Waals surface area (Å²) in [6.45, 7) is 0. The van der Waals surface area contributed by atoms with E-state index in [0.717, 1.165) is 33.6 Å². The second-order valence-electron chi connectivity index (χ2n) is 6.38. The number of nitrogens with zero attached hydrogens (tertiary/aromatic N) is 1. The van der Waals surface area contributed by atoms with Gasteiger partial charge in [0.1, 0.15) is 5.75 Å². The molecule has 0 fully saturated rings. The zero-order valence-corrected chi connectivity index (χ0v) is 15.4. The van der Waals surface area contributed by atoms with Gasteiger partial charge >= 0.3 is 5.97 Å². The van der Waals surface area contributed by atoms with Crippen LogP contribution in [0.4, 0.5) is 17.1 Å². The third-order valence-corrected chi connectivity index (χ3v) is 4.71. The molecule has 0 saturated carbocycles.